The summed E-state index contributed by atoms with van der Waals surface area (Å²) in [5, 5.41) is 0.631. The first kappa shape index (κ1) is 8.56. The lowest BCUT2D eigenvalue weighted by molar-refractivity contribution is 0.728. The summed E-state index contributed by atoms with van der Waals surface area (Å²) >= 11 is 5.97. The van der Waals surface area contributed by atoms with Crippen LogP contribution < -0.4 is 11.5 Å². The Morgan fingerprint density at radius 2 is 1.92 bits per heavy atom. The molecule has 4 heteroatoms. The van der Waals surface area contributed by atoms with E-state index < -0.39 is 6.17 Å². The van der Waals surface area contributed by atoms with Crippen molar-refractivity contribution in [1.29, 1.82) is 0 Å². The standard InChI is InChI=1S/C9H10ClN3/c10-8-5-4-6-2-1-3-7(9(11)12)13(6)8/h1-5,9H,11-12H2. The van der Waals surface area contributed by atoms with Crippen molar-refractivity contribution in [2.24, 2.45) is 11.5 Å². The quantitative estimate of drug-likeness (QED) is 0.678. The third-order valence-corrected chi connectivity index (χ3v) is 2.29. The number of fused-ring (bicyclic) bond motifs is 1. The van der Waals surface area contributed by atoms with E-state index in [1.807, 2.05) is 34.7 Å². The van der Waals surface area contributed by atoms with Gasteiger partial charge in [0.25, 0.3) is 0 Å². The van der Waals surface area contributed by atoms with Gasteiger partial charge in [-0.2, -0.15) is 0 Å². The number of nitrogens with two attached hydrogens (primary N) is 2. The van der Waals surface area contributed by atoms with E-state index in [0.29, 0.717) is 5.15 Å². The van der Waals surface area contributed by atoms with Crippen LogP contribution in [0.25, 0.3) is 5.52 Å². The molecule has 0 saturated heterocycles. The van der Waals surface area contributed by atoms with E-state index >= 15 is 0 Å². The number of hydrogen-bond donors (Lipinski definition) is 2. The van der Waals surface area contributed by atoms with E-state index in [2.05, 4.69) is 0 Å². The molecule has 2 rings (SSSR count). The molecule has 0 aliphatic carbocycles. The van der Waals surface area contributed by atoms with Crippen molar-refractivity contribution in [3.63, 3.8) is 0 Å². The molecule has 13 heavy (non-hydrogen) atoms. The van der Waals surface area contributed by atoms with Crippen LogP contribution >= 0.6 is 11.6 Å². The highest BCUT2D eigenvalue weighted by Gasteiger charge is 2.07. The Hall–Kier alpha value is -1.03. The van der Waals surface area contributed by atoms with Crippen LogP contribution in [-0.4, -0.2) is 4.40 Å². The summed E-state index contributed by atoms with van der Waals surface area (Å²) in [6.45, 7) is 0. The van der Waals surface area contributed by atoms with Gasteiger partial charge in [0, 0.05) is 5.52 Å². The fourth-order valence-corrected chi connectivity index (χ4v) is 1.67. The van der Waals surface area contributed by atoms with Crippen LogP contribution in [0.5, 0.6) is 0 Å². The predicted molar refractivity (Wildman–Crippen MR) is 53.5 cm³/mol. The maximum absolute atomic E-state index is 5.97. The van der Waals surface area contributed by atoms with Crippen LogP contribution in [-0.2, 0) is 0 Å². The highest BCUT2D eigenvalue weighted by molar-refractivity contribution is 6.30. The van der Waals surface area contributed by atoms with Gasteiger partial charge in [0.05, 0.1) is 11.9 Å². The lowest BCUT2D eigenvalue weighted by atomic mass is 10.3. The molecule has 2 aromatic heterocycles. The van der Waals surface area contributed by atoms with Crippen LogP contribution in [0.3, 0.4) is 0 Å². The van der Waals surface area contributed by atoms with Crippen molar-refractivity contribution in [3.05, 3.63) is 41.2 Å². The van der Waals surface area contributed by atoms with Crippen molar-refractivity contribution in [2.75, 3.05) is 0 Å². The Bertz CT molecular complexity index is 433. The molecule has 0 bridgehead atoms. The molecule has 0 atom stereocenters. The Kier molecular flexibility index (Phi) is 2.00. The van der Waals surface area contributed by atoms with Gasteiger partial charge in [-0.25, -0.2) is 0 Å². The second kappa shape index (κ2) is 3.03. The zero-order valence-corrected chi connectivity index (χ0v) is 7.70. The van der Waals surface area contributed by atoms with Crippen molar-refractivity contribution in [3.8, 4) is 0 Å². The number of aromatic nitrogens is 1. The first-order valence-corrected chi connectivity index (χ1v) is 4.35. The Morgan fingerprint density at radius 3 is 2.62 bits per heavy atom. The zero-order valence-electron chi connectivity index (χ0n) is 6.94. The monoisotopic (exact) mass is 195 g/mol. The normalized spacial score (nSPS) is 11.4. The molecule has 4 N–H and O–H groups in total. The van der Waals surface area contributed by atoms with Crippen molar-refractivity contribution in [2.45, 2.75) is 6.17 Å². The van der Waals surface area contributed by atoms with E-state index in [-0.39, 0.29) is 0 Å². The summed E-state index contributed by atoms with van der Waals surface area (Å²) in [5.41, 5.74) is 13.0. The number of rotatable bonds is 1. The molecule has 0 aromatic carbocycles. The van der Waals surface area contributed by atoms with Gasteiger partial charge in [0.1, 0.15) is 5.15 Å². The molecule has 0 amide bonds. The smallest absolute Gasteiger partial charge is 0.113 e. The molecule has 68 valence electrons. The van der Waals surface area contributed by atoms with Gasteiger partial charge in [-0.1, -0.05) is 17.7 Å². The lowest BCUT2D eigenvalue weighted by Crippen LogP contribution is -2.22. The summed E-state index contributed by atoms with van der Waals surface area (Å²) in [6.07, 6.45) is -0.506. The third-order valence-electron chi connectivity index (χ3n) is 2.00. The SMILES string of the molecule is NC(N)c1cccc2ccc(Cl)n12. The molecule has 2 heterocycles. The minimum absolute atomic E-state index is 0.506. The summed E-state index contributed by atoms with van der Waals surface area (Å²) in [4.78, 5) is 0. The maximum Gasteiger partial charge on any atom is 0.113 e. The van der Waals surface area contributed by atoms with Gasteiger partial charge in [-0.15, -0.1) is 0 Å². The molecule has 2 aromatic rings. The van der Waals surface area contributed by atoms with Crippen LogP contribution in [0.2, 0.25) is 5.15 Å². The molecule has 0 spiro atoms. The fourth-order valence-electron chi connectivity index (χ4n) is 1.41. The topological polar surface area (TPSA) is 56.5 Å². The summed E-state index contributed by atoms with van der Waals surface area (Å²) in [6, 6.07) is 9.48. The molecule has 3 nitrogen and oxygen atoms in total. The molecule has 0 unspecified atom stereocenters. The van der Waals surface area contributed by atoms with Gasteiger partial charge in [0.15, 0.2) is 0 Å². The van der Waals surface area contributed by atoms with Crippen LogP contribution in [0.4, 0.5) is 0 Å². The van der Waals surface area contributed by atoms with Crippen molar-refractivity contribution in [1.82, 2.24) is 4.40 Å². The van der Waals surface area contributed by atoms with Crippen LogP contribution in [0.15, 0.2) is 30.3 Å². The van der Waals surface area contributed by atoms with E-state index in [9.17, 15) is 0 Å². The number of nitrogens with zero attached hydrogens (tertiary/aromatic N) is 1. The number of halogens is 1. The minimum Gasteiger partial charge on any atom is -0.311 e. The molecular formula is C9H10ClN3. The number of hydrogen-bond acceptors (Lipinski definition) is 2. The van der Waals surface area contributed by atoms with E-state index in [1.165, 1.54) is 0 Å². The second-order valence-corrected chi connectivity index (χ2v) is 3.28. The highest BCUT2D eigenvalue weighted by atomic mass is 35.5. The number of pyridine rings is 1. The molecule has 0 radical (unpaired) electrons. The first-order chi connectivity index (χ1) is 6.20. The first-order valence-electron chi connectivity index (χ1n) is 3.97. The van der Waals surface area contributed by atoms with Gasteiger partial charge in [-0.3, -0.25) is 0 Å². The highest BCUT2D eigenvalue weighted by Crippen LogP contribution is 2.19. The van der Waals surface area contributed by atoms with Gasteiger partial charge < -0.3 is 15.9 Å². The average molecular weight is 196 g/mol. The van der Waals surface area contributed by atoms with Gasteiger partial charge >= 0.3 is 0 Å². The zero-order chi connectivity index (χ0) is 9.42. The molecular weight excluding hydrogens is 186 g/mol. The van der Waals surface area contributed by atoms with Crippen molar-refractivity contribution < 1.29 is 0 Å². The lowest BCUT2D eigenvalue weighted by Gasteiger charge is -2.09. The van der Waals surface area contributed by atoms with Crippen LogP contribution in [0.1, 0.15) is 11.9 Å². The van der Waals surface area contributed by atoms with E-state index in [1.54, 1.807) is 0 Å². The van der Waals surface area contributed by atoms with Crippen molar-refractivity contribution >= 4 is 17.1 Å². The molecule has 0 aliphatic rings. The second-order valence-electron chi connectivity index (χ2n) is 2.89. The Labute approximate surface area is 80.9 Å². The molecule has 0 aliphatic heterocycles. The average Bonchev–Trinajstić information content (AvgIpc) is 2.48. The van der Waals surface area contributed by atoms with Gasteiger partial charge in [0.2, 0.25) is 0 Å². The third kappa shape index (κ3) is 1.31. The Balaban J connectivity index is 2.80. The van der Waals surface area contributed by atoms with Gasteiger partial charge in [-0.05, 0) is 24.3 Å². The predicted octanol–water partition coefficient (Wildman–Crippen LogP) is 1.51. The maximum atomic E-state index is 5.97. The molecule has 0 fully saturated rings. The fraction of sp³-hybridized carbons (Fsp3) is 0.111. The van der Waals surface area contributed by atoms with E-state index in [4.69, 9.17) is 23.1 Å². The summed E-state index contributed by atoms with van der Waals surface area (Å²) in [7, 11) is 0. The largest absolute Gasteiger partial charge is 0.311 e. The summed E-state index contributed by atoms with van der Waals surface area (Å²) < 4.78 is 1.84. The Morgan fingerprint density at radius 1 is 1.15 bits per heavy atom. The van der Waals surface area contributed by atoms with Crippen LogP contribution in [0, 0.1) is 0 Å². The minimum atomic E-state index is -0.506. The van der Waals surface area contributed by atoms with E-state index in [0.717, 1.165) is 11.2 Å². The molecule has 0 saturated carbocycles. The summed E-state index contributed by atoms with van der Waals surface area (Å²) in [5.74, 6) is 0.